The van der Waals surface area contributed by atoms with Gasteiger partial charge >= 0.3 is 0 Å². The molecule has 0 aliphatic carbocycles. The summed E-state index contributed by atoms with van der Waals surface area (Å²) in [7, 11) is 1.66. The molecule has 25 heavy (non-hydrogen) atoms. The van der Waals surface area contributed by atoms with E-state index in [0.29, 0.717) is 12.5 Å². The van der Waals surface area contributed by atoms with Crippen LogP contribution in [0.1, 0.15) is 37.0 Å². The maximum absolute atomic E-state index is 5.18. The van der Waals surface area contributed by atoms with Crippen molar-refractivity contribution in [3.8, 4) is 11.4 Å². The molecule has 2 heterocycles. The van der Waals surface area contributed by atoms with Gasteiger partial charge in [0, 0.05) is 23.9 Å². The molecule has 0 aliphatic heterocycles. The van der Waals surface area contributed by atoms with Crippen molar-refractivity contribution in [3.05, 3.63) is 59.8 Å². The average Bonchev–Trinajstić information content (AvgIpc) is 3.08. The Balaban J connectivity index is 1.69. The van der Waals surface area contributed by atoms with E-state index in [2.05, 4.69) is 34.2 Å². The van der Waals surface area contributed by atoms with Crippen LogP contribution in [0.2, 0.25) is 0 Å². The van der Waals surface area contributed by atoms with Crippen LogP contribution in [-0.4, -0.2) is 26.9 Å². The molecule has 6 nitrogen and oxygen atoms in total. The predicted molar refractivity (Wildman–Crippen MR) is 98.3 cm³/mol. The van der Waals surface area contributed by atoms with Crippen molar-refractivity contribution in [1.82, 2.24) is 19.7 Å². The quantitative estimate of drug-likeness (QED) is 0.743. The molecule has 2 aromatic heterocycles. The molecule has 1 aromatic carbocycles. The van der Waals surface area contributed by atoms with Crippen LogP contribution >= 0.6 is 0 Å². The first-order chi connectivity index (χ1) is 12.0. The van der Waals surface area contributed by atoms with Gasteiger partial charge in [-0.1, -0.05) is 13.8 Å². The predicted octanol–water partition coefficient (Wildman–Crippen LogP) is 3.71. The van der Waals surface area contributed by atoms with Gasteiger partial charge in [0.05, 0.1) is 25.0 Å². The number of hydrogen-bond acceptors (Lipinski definition) is 5. The molecular weight excluding hydrogens is 314 g/mol. The average molecular weight is 337 g/mol. The lowest BCUT2D eigenvalue weighted by molar-refractivity contribution is 0.414. The van der Waals surface area contributed by atoms with Crippen LogP contribution < -0.4 is 10.1 Å². The van der Waals surface area contributed by atoms with Gasteiger partial charge in [0.25, 0.3) is 0 Å². The molecule has 0 spiro atoms. The van der Waals surface area contributed by atoms with Gasteiger partial charge in [-0.25, -0.2) is 14.6 Å². The van der Waals surface area contributed by atoms with Gasteiger partial charge in [0.2, 0.25) is 0 Å². The molecule has 0 saturated heterocycles. The van der Waals surface area contributed by atoms with Crippen molar-refractivity contribution in [2.75, 3.05) is 12.4 Å². The van der Waals surface area contributed by atoms with Crippen molar-refractivity contribution in [1.29, 1.82) is 0 Å². The summed E-state index contributed by atoms with van der Waals surface area (Å²) in [5.74, 6) is 2.81. The fourth-order valence-electron chi connectivity index (χ4n) is 2.46. The number of aromatic nitrogens is 4. The SMILES string of the molecule is COc1ccc(-n2ccc(CNc3cc(C)nc(C(C)C)n3)n2)cc1. The summed E-state index contributed by atoms with van der Waals surface area (Å²) in [6.45, 7) is 6.78. The molecule has 0 aliphatic rings. The summed E-state index contributed by atoms with van der Waals surface area (Å²) in [6, 6.07) is 11.7. The maximum atomic E-state index is 5.18. The number of hydrogen-bond donors (Lipinski definition) is 1. The number of nitrogens with zero attached hydrogens (tertiary/aromatic N) is 4. The Bertz CT molecular complexity index is 839. The van der Waals surface area contributed by atoms with Gasteiger partial charge in [0.15, 0.2) is 0 Å². The van der Waals surface area contributed by atoms with E-state index < -0.39 is 0 Å². The number of rotatable bonds is 6. The fourth-order valence-corrected chi connectivity index (χ4v) is 2.46. The summed E-state index contributed by atoms with van der Waals surface area (Å²) in [6.07, 6.45) is 1.95. The van der Waals surface area contributed by atoms with Crippen LogP contribution in [0.15, 0.2) is 42.6 Å². The summed E-state index contributed by atoms with van der Waals surface area (Å²) < 4.78 is 7.03. The highest BCUT2D eigenvalue weighted by molar-refractivity contribution is 5.38. The first-order valence-electron chi connectivity index (χ1n) is 8.33. The Morgan fingerprint density at radius 1 is 1.12 bits per heavy atom. The molecule has 0 saturated carbocycles. The third kappa shape index (κ3) is 4.15. The van der Waals surface area contributed by atoms with Crippen LogP contribution in [0.5, 0.6) is 5.75 Å². The highest BCUT2D eigenvalue weighted by Gasteiger charge is 2.07. The lowest BCUT2D eigenvalue weighted by Gasteiger charge is -2.09. The maximum Gasteiger partial charge on any atom is 0.133 e. The number of anilines is 1. The highest BCUT2D eigenvalue weighted by atomic mass is 16.5. The van der Waals surface area contributed by atoms with E-state index in [4.69, 9.17) is 4.74 Å². The van der Waals surface area contributed by atoms with Crippen molar-refractivity contribution in [2.45, 2.75) is 33.2 Å². The summed E-state index contributed by atoms with van der Waals surface area (Å²) in [5.41, 5.74) is 2.90. The zero-order chi connectivity index (χ0) is 17.8. The van der Waals surface area contributed by atoms with E-state index in [0.717, 1.165) is 34.5 Å². The second kappa shape index (κ2) is 7.34. The molecule has 0 amide bonds. The lowest BCUT2D eigenvalue weighted by Crippen LogP contribution is -2.07. The van der Waals surface area contributed by atoms with Gasteiger partial charge in [-0.15, -0.1) is 0 Å². The lowest BCUT2D eigenvalue weighted by atomic mass is 10.2. The minimum Gasteiger partial charge on any atom is -0.497 e. The number of nitrogens with one attached hydrogen (secondary N) is 1. The molecule has 0 atom stereocenters. The highest BCUT2D eigenvalue weighted by Crippen LogP contribution is 2.16. The van der Waals surface area contributed by atoms with Crippen molar-refractivity contribution >= 4 is 5.82 Å². The molecule has 0 bridgehead atoms. The number of methoxy groups -OCH3 is 1. The summed E-state index contributed by atoms with van der Waals surface area (Å²) >= 11 is 0. The Morgan fingerprint density at radius 3 is 2.56 bits per heavy atom. The molecule has 3 rings (SSSR count). The van der Waals surface area contributed by atoms with Gasteiger partial charge in [-0.05, 0) is 37.3 Å². The molecule has 3 aromatic rings. The second-order valence-electron chi connectivity index (χ2n) is 6.21. The zero-order valence-corrected chi connectivity index (χ0v) is 15.0. The standard InChI is InChI=1S/C19H23N5O/c1-13(2)19-21-14(3)11-18(22-19)20-12-15-9-10-24(23-15)16-5-7-17(25-4)8-6-16/h5-11,13H,12H2,1-4H3,(H,20,21,22). The monoisotopic (exact) mass is 337 g/mol. The van der Waals surface area contributed by atoms with E-state index in [1.54, 1.807) is 7.11 Å². The van der Waals surface area contributed by atoms with E-state index in [9.17, 15) is 0 Å². The van der Waals surface area contributed by atoms with Gasteiger partial charge in [0.1, 0.15) is 17.4 Å². The number of ether oxygens (including phenoxy) is 1. The van der Waals surface area contributed by atoms with Gasteiger partial charge in [-0.2, -0.15) is 5.10 Å². The molecule has 130 valence electrons. The number of aryl methyl sites for hydroxylation is 1. The zero-order valence-electron chi connectivity index (χ0n) is 15.0. The molecule has 0 fully saturated rings. The molecular formula is C19H23N5O. The first-order valence-corrected chi connectivity index (χ1v) is 8.33. The van der Waals surface area contributed by atoms with Gasteiger partial charge in [-0.3, -0.25) is 0 Å². The molecule has 0 unspecified atom stereocenters. The van der Waals surface area contributed by atoms with E-state index in [1.807, 2.05) is 54.2 Å². The Hall–Kier alpha value is -2.89. The van der Waals surface area contributed by atoms with Crippen LogP contribution in [0.4, 0.5) is 5.82 Å². The van der Waals surface area contributed by atoms with Crippen LogP contribution in [0, 0.1) is 6.92 Å². The normalized spacial score (nSPS) is 10.9. The van der Waals surface area contributed by atoms with E-state index >= 15 is 0 Å². The summed E-state index contributed by atoms with van der Waals surface area (Å²) in [5, 5.41) is 7.93. The van der Waals surface area contributed by atoms with E-state index in [1.165, 1.54) is 0 Å². The third-order valence-electron chi connectivity index (χ3n) is 3.82. The van der Waals surface area contributed by atoms with Crippen molar-refractivity contribution in [2.24, 2.45) is 0 Å². The topological polar surface area (TPSA) is 64.9 Å². The van der Waals surface area contributed by atoms with Crippen LogP contribution in [0.3, 0.4) is 0 Å². The first kappa shape index (κ1) is 17.0. The third-order valence-corrected chi connectivity index (χ3v) is 3.82. The van der Waals surface area contributed by atoms with Crippen molar-refractivity contribution < 1.29 is 4.74 Å². The Morgan fingerprint density at radius 2 is 1.88 bits per heavy atom. The Labute approximate surface area is 147 Å². The minimum absolute atomic E-state index is 0.301. The van der Waals surface area contributed by atoms with Crippen molar-refractivity contribution in [3.63, 3.8) is 0 Å². The largest absolute Gasteiger partial charge is 0.497 e. The van der Waals surface area contributed by atoms with Crippen LogP contribution in [-0.2, 0) is 6.54 Å². The molecule has 1 N–H and O–H groups in total. The molecule has 6 heteroatoms. The van der Waals surface area contributed by atoms with E-state index in [-0.39, 0.29) is 0 Å². The Kier molecular flexibility index (Phi) is 4.97. The molecule has 0 radical (unpaired) electrons. The summed E-state index contributed by atoms with van der Waals surface area (Å²) in [4.78, 5) is 9.03. The minimum atomic E-state index is 0.301. The second-order valence-corrected chi connectivity index (χ2v) is 6.21. The van der Waals surface area contributed by atoms with Gasteiger partial charge < -0.3 is 10.1 Å². The number of benzene rings is 1. The van der Waals surface area contributed by atoms with Crippen LogP contribution in [0.25, 0.3) is 5.69 Å². The fraction of sp³-hybridized carbons (Fsp3) is 0.316. The smallest absolute Gasteiger partial charge is 0.133 e.